The van der Waals surface area contributed by atoms with E-state index in [1.165, 1.54) is 24.3 Å². The second-order valence-electron chi connectivity index (χ2n) is 6.73. The molecule has 0 aliphatic carbocycles. The van der Waals surface area contributed by atoms with E-state index in [-0.39, 0.29) is 28.7 Å². The Morgan fingerprint density at radius 2 is 1.66 bits per heavy atom. The van der Waals surface area contributed by atoms with Gasteiger partial charge < -0.3 is 0 Å². The summed E-state index contributed by atoms with van der Waals surface area (Å²) >= 11 is 6.43. The molecule has 32 heavy (non-hydrogen) atoms. The Balaban J connectivity index is 1.71. The topological polar surface area (TPSA) is 56.1 Å². The highest BCUT2D eigenvalue weighted by Gasteiger charge is 2.25. The normalized spacial score (nSPS) is 10.9. The van der Waals surface area contributed by atoms with E-state index in [4.69, 9.17) is 16.4 Å². The van der Waals surface area contributed by atoms with Crippen molar-refractivity contribution in [1.29, 1.82) is 0 Å². The van der Waals surface area contributed by atoms with Crippen LogP contribution in [-0.2, 0) is 11.4 Å². The lowest BCUT2D eigenvalue weighted by Gasteiger charge is -2.09. The number of hydrogen-bond acceptors (Lipinski definition) is 3. The summed E-state index contributed by atoms with van der Waals surface area (Å²) in [5, 5.41) is 3.96. The van der Waals surface area contributed by atoms with E-state index in [1.807, 2.05) is 30.3 Å². The Kier molecular flexibility index (Phi) is 6.25. The zero-order valence-electron chi connectivity index (χ0n) is 16.4. The van der Waals surface area contributed by atoms with Crippen LogP contribution in [0.2, 0.25) is 5.02 Å². The summed E-state index contributed by atoms with van der Waals surface area (Å²) in [6, 6.07) is 17.0. The summed E-state index contributed by atoms with van der Waals surface area (Å²) < 4.78 is 42.7. The summed E-state index contributed by atoms with van der Waals surface area (Å²) in [5.74, 6) is -2.79. The number of amides is 1. The molecule has 0 saturated heterocycles. The van der Waals surface area contributed by atoms with Crippen LogP contribution in [0.4, 0.5) is 13.2 Å². The van der Waals surface area contributed by atoms with Crippen LogP contribution in [0.3, 0.4) is 0 Å². The first-order valence-corrected chi connectivity index (χ1v) is 9.78. The van der Waals surface area contributed by atoms with E-state index in [0.29, 0.717) is 5.56 Å². The van der Waals surface area contributed by atoms with Crippen molar-refractivity contribution in [3.05, 3.63) is 107 Å². The van der Waals surface area contributed by atoms with Crippen molar-refractivity contribution in [1.82, 2.24) is 15.3 Å². The molecule has 1 N–H and O–H groups in total. The van der Waals surface area contributed by atoms with E-state index < -0.39 is 23.4 Å². The average molecular weight is 458 g/mol. The summed E-state index contributed by atoms with van der Waals surface area (Å²) in [6.45, 7) is 0.0915. The van der Waals surface area contributed by atoms with E-state index in [9.17, 15) is 18.0 Å². The molecule has 0 saturated carbocycles. The van der Waals surface area contributed by atoms with Gasteiger partial charge in [-0.2, -0.15) is 5.10 Å². The molecular weight excluding hydrogens is 443 g/mol. The SMILES string of the molecule is O=C(NOCc1ccccc1)c1nn(-c2cc(F)ccc2F)c(-c2ccc(F)cc2)c1Cl. The first-order valence-electron chi connectivity index (χ1n) is 9.40. The van der Waals surface area contributed by atoms with Crippen molar-refractivity contribution in [3.8, 4) is 16.9 Å². The van der Waals surface area contributed by atoms with Gasteiger partial charge in [0, 0.05) is 11.6 Å². The molecule has 4 rings (SSSR count). The van der Waals surface area contributed by atoms with Crippen LogP contribution < -0.4 is 5.48 Å². The molecule has 0 spiro atoms. The van der Waals surface area contributed by atoms with E-state index in [2.05, 4.69) is 10.6 Å². The minimum absolute atomic E-state index is 0.0874. The molecule has 0 unspecified atom stereocenters. The molecule has 0 radical (unpaired) electrons. The number of benzene rings is 3. The Labute approximate surface area is 186 Å². The van der Waals surface area contributed by atoms with E-state index in [0.717, 1.165) is 28.4 Å². The van der Waals surface area contributed by atoms with Crippen molar-refractivity contribution >= 4 is 17.5 Å². The Bertz CT molecular complexity index is 1260. The summed E-state index contributed by atoms with van der Waals surface area (Å²) in [6.07, 6.45) is 0. The van der Waals surface area contributed by atoms with Gasteiger partial charge in [0.2, 0.25) is 0 Å². The number of halogens is 4. The molecule has 0 bridgehead atoms. The minimum atomic E-state index is -0.791. The van der Waals surface area contributed by atoms with Crippen molar-refractivity contribution in [3.63, 3.8) is 0 Å². The molecule has 0 aliphatic heterocycles. The molecule has 0 fully saturated rings. The number of carbonyl (C=O) groups excluding carboxylic acids is 1. The van der Waals surface area contributed by atoms with Gasteiger partial charge in [-0.3, -0.25) is 9.63 Å². The predicted octanol–water partition coefficient (Wildman–Crippen LogP) is 5.47. The van der Waals surface area contributed by atoms with Crippen molar-refractivity contribution in [2.75, 3.05) is 0 Å². The van der Waals surface area contributed by atoms with Gasteiger partial charge in [0.1, 0.15) is 28.2 Å². The van der Waals surface area contributed by atoms with Crippen molar-refractivity contribution in [2.24, 2.45) is 0 Å². The first kappa shape index (κ1) is 21.6. The number of carbonyl (C=O) groups is 1. The Morgan fingerprint density at radius 1 is 0.969 bits per heavy atom. The molecule has 5 nitrogen and oxygen atoms in total. The van der Waals surface area contributed by atoms with E-state index in [1.54, 1.807) is 0 Å². The largest absolute Gasteiger partial charge is 0.296 e. The lowest BCUT2D eigenvalue weighted by atomic mass is 10.1. The van der Waals surface area contributed by atoms with Crippen LogP contribution >= 0.6 is 11.6 Å². The number of nitrogens with zero attached hydrogens (tertiary/aromatic N) is 2. The summed E-state index contributed by atoms with van der Waals surface area (Å²) in [7, 11) is 0. The molecule has 3 aromatic carbocycles. The third-order valence-corrected chi connectivity index (χ3v) is 4.90. The van der Waals surface area contributed by atoms with Crippen molar-refractivity contribution < 1.29 is 22.8 Å². The average Bonchev–Trinajstić information content (AvgIpc) is 3.13. The number of rotatable bonds is 6. The van der Waals surface area contributed by atoms with Crippen LogP contribution in [0.15, 0.2) is 72.8 Å². The van der Waals surface area contributed by atoms with Crippen LogP contribution in [0.1, 0.15) is 16.1 Å². The third-order valence-electron chi connectivity index (χ3n) is 4.54. The summed E-state index contributed by atoms with van der Waals surface area (Å²) in [5.41, 5.74) is 2.95. The number of hydroxylamine groups is 1. The smallest absolute Gasteiger partial charge is 0.269 e. The fraction of sp³-hybridized carbons (Fsp3) is 0.0435. The maximum absolute atomic E-state index is 14.5. The highest BCUT2D eigenvalue weighted by molar-refractivity contribution is 6.36. The molecule has 9 heteroatoms. The predicted molar refractivity (Wildman–Crippen MR) is 113 cm³/mol. The lowest BCUT2D eigenvalue weighted by Crippen LogP contribution is -2.24. The van der Waals surface area contributed by atoms with Crippen LogP contribution in [0, 0.1) is 17.5 Å². The van der Waals surface area contributed by atoms with Gasteiger partial charge in [-0.25, -0.2) is 23.3 Å². The van der Waals surface area contributed by atoms with Gasteiger partial charge >= 0.3 is 0 Å². The Hall–Kier alpha value is -3.62. The Morgan fingerprint density at radius 3 is 2.38 bits per heavy atom. The van der Waals surface area contributed by atoms with Gasteiger partial charge in [-0.05, 0) is 42.0 Å². The molecule has 4 aromatic rings. The third kappa shape index (κ3) is 4.51. The second-order valence-corrected chi connectivity index (χ2v) is 7.11. The monoisotopic (exact) mass is 457 g/mol. The standard InChI is InChI=1S/C23H15ClF3N3O2/c24-20-21(23(31)29-32-13-14-4-2-1-3-5-14)28-30(19-12-17(26)10-11-18(19)27)22(20)15-6-8-16(25)9-7-15/h1-12H,13H2,(H,29,31). The molecule has 1 heterocycles. The van der Waals surface area contributed by atoms with Crippen LogP contribution in [0.25, 0.3) is 16.9 Å². The number of aromatic nitrogens is 2. The number of nitrogens with one attached hydrogen (secondary N) is 1. The second kappa shape index (κ2) is 9.25. The van der Waals surface area contributed by atoms with Gasteiger partial charge in [-0.15, -0.1) is 0 Å². The maximum atomic E-state index is 14.5. The fourth-order valence-electron chi connectivity index (χ4n) is 3.03. The van der Waals surface area contributed by atoms with Crippen LogP contribution in [0.5, 0.6) is 0 Å². The van der Waals surface area contributed by atoms with Gasteiger partial charge in [0.05, 0.1) is 12.3 Å². The zero-order valence-corrected chi connectivity index (χ0v) is 17.1. The van der Waals surface area contributed by atoms with Gasteiger partial charge in [0.15, 0.2) is 5.69 Å². The first-order chi connectivity index (χ1) is 15.4. The van der Waals surface area contributed by atoms with Crippen LogP contribution in [-0.4, -0.2) is 15.7 Å². The quantitative estimate of drug-likeness (QED) is 0.390. The van der Waals surface area contributed by atoms with Gasteiger partial charge in [0.25, 0.3) is 5.91 Å². The molecular formula is C23H15ClF3N3O2. The fourth-order valence-corrected chi connectivity index (χ4v) is 3.34. The zero-order chi connectivity index (χ0) is 22.7. The molecule has 1 amide bonds. The molecule has 0 aliphatic rings. The number of hydrogen-bond donors (Lipinski definition) is 1. The lowest BCUT2D eigenvalue weighted by molar-refractivity contribution is 0.0229. The molecule has 162 valence electrons. The molecule has 1 aromatic heterocycles. The highest BCUT2D eigenvalue weighted by Crippen LogP contribution is 2.34. The minimum Gasteiger partial charge on any atom is -0.269 e. The van der Waals surface area contributed by atoms with E-state index >= 15 is 0 Å². The van der Waals surface area contributed by atoms with Gasteiger partial charge in [-0.1, -0.05) is 41.9 Å². The maximum Gasteiger partial charge on any atom is 0.296 e. The summed E-state index contributed by atoms with van der Waals surface area (Å²) in [4.78, 5) is 17.9. The highest BCUT2D eigenvalue weighted by atomic mass is 35.5. The van der Waals surface area contributed by atoms with Crippen molar-refractivity contribution in [2.45, 2.75) is 6.61 Å². The molecule has 0 atom stereocenters.